The summed E-state index contributed by atoms with van der Waals surface area (Å²) >= 11 is 12.2. The molecule has 1 atom stereocenters. The van der Waals surface area contributed by atoms with E-state index in [0.29, 0.717) is 33.7 Å². The third-order valence-electron chi connectivity index (χ3n) is 5.67. The van der Waals surface area contributed by atoms with E-state index in [2.05, 4.69) is 5.32 Å². The van der Waals surface area contributed by atoms with E-state index in [1.165, 1.54) is 31.3 Å². The lowest BCUT2D eigenvalue weighted by Gasteiger charge is -2.31. The molecule has 0 saturated carbocycles. The Labute approximate surface area is 228 Å². The molecule has 0 radical (unpaired) electrons. The van der Waals surface area contributed by atoms with E-state index in [1.54, 1.807) is 31.2 Å². The highest BCUT2D eigenvalue weighted by Gasteiger charge is 2.30. The lowest BCUT2D eigenvalue weighted by molar-refractivity contribution is -0.139. The number of ether oxygens (including phenoxy) is 2. The van der Waals surface area contributed by atoms with Gasteiger partial charge in [-0.3, -0.25) is 13.9 Å². The van der Waals surface area contributed by atoms with Crippen LogP contribution in [0.25, 0.3) is 0 Å². The molecule has 0 aliphatic carbocycles. The number of carbonyl (C=O) groups excluding carboxylic acids is 2. The summed E-state index contributed by atoms with van der Waals surface area (Å²) in [6.07, 6.45) is 2.69. The van der Waals surface area contributed by atoms with E-state index in [0.717, 1.165) is 23.4 Å². The SMILES string of the molecule is CCCCNC(=O)C(C)N(Cc1ccc(Cl)c(Cl)c1)C(=O)CN(c1ccc(OC)c(OC)c1)S(C)(=O)=O. The Bertz CT molecular complexity index is 1210. The van der Waals surface area contributed by atoms with Crippen molar-refractivity contribution < 1.29 is 27.5 Å². The average Bonchev–Trinajstić information content (AvgIpc) is 2.86. The molecule has 0 aliphatic heterocycles. The molecular formula is C25H33Cl2N3O6S. The monoisotopic (exact) mass is 573 g/mol. The lowest BCUT2D eigenvalue weighted by atomic mass is 10.1. The maximum absolute atomic E-state index is 13.6. The Morgan fingerprint density at radius 3 is 2.27 bits per heavy atom. The number of carbonyl (C=O) groups is 2. The molecule has 12 heteroatoms. The standard InChI is InChI=1S/C25H33Cl2N3O6S/c1-6-7-12-28-25(32)17(2)29(15-18-8-10-20(26)21(27)13-18)24(31)16-30(37(5,33)34)19-9-11-22(35-3)23(14-19)36-4/h8-11,13-14,17H,6-7,12,15-16H2,1-5H3,(H,28,32). The van der Waals surface area contributed by atoms with E-state index in [9.17, 15) is 18.0 Å². The number of hydrogen-bond acceptors (Lipinski definition) is 6. The second kappa shape index (κ2) is 13.7. The summed E-state index contributed by atoms with van der Waals surface area (Å²) in [5, 5.41) is 3.48. The number of halogens is 2. The van der Waals surface area contributed by atoms with Gasteiger partial charge in [-0.2, -0.15) is 0 Å². The van der Waals surface area contributed by atoms with Crippen LogP contribution >= 0.6 is 23.2 Å². The van der Waals surface area contributed by atoms with Gasteiger partial charge in [-0.05, 0) is 43.2 Å². The van der Waals surface area contributed by atoms with Crippen LogP contribution in [0.4, 0.5) is 5.69 Å². The highest BCUT2D eigenvalue weighted by molar-refractivity contribution is 7.92. The highest BCUT2D eigenvalue weighted by Crippen LogP contribution is 2.32. The van der Waals surface area contributed by atoms with Crippen molar-refractivity contribution >= 4 is 50.7 Å². The minimum absolute atomic E-state index is 0.0155. The van der Waals surface area contributed by atoms with Gasteiger partial charge in [0, 0.05) is 19.2 Å². The number of nitrogens with zero attached hydrogens (tertiary/aromatic N) is 2. The van der Waals surface area contributed by atoms with E-state index in [1.807, 2.05) is 6.92 Å². The van der Waals surface area contributed by atoms with Crippen LogP contribution in [0.1, 0.15) is 32.3 Å². The fourth-order valence-corrected chi connectivity index (χ4v) is 4.71. The van der Waals surface area contributed by atoms with Gasteiger partial charge in [-0.25, -0.2) is 8.42 Å². The zero-order chi connectivity index (χ0) is 27.8. The topological polar surface area (TPSA) is 105 Å². The fourth-order valence-electron chi connectivity index (χ4n) is 3.55. The average molecular weight is 575 g/mol. The zero-order valence-corrected chi connectivity index (χ0v) is 23.9. The van der Waals surface area contributed by atoms with Crippen molar-refractivity contribution in [1.29, 1.82) is 0 Å². The number of amides is 2. The third kappa shape index (κ3) is 8.41. The first-order valence-corrected chi connectivity index (χ1v) is 14.2. The smallest absolute Gasteiger partial charge is 0.244 e. The predicted octanol–water partition coefficient (Wildman–Crippen LogP) is 4.11. The first-order chi connectivity index (χ1) is 17.4. The summed E-state index contributed by atoms with van der Waals surface area (Å²) in [5.41, 5.74) is 0.844. The quantitative estimate of drug-likeness (QED) is 0.361. The largest absolute Gasteiger partial charge is 0.493 e. The molecule has 2 aromatic rings. The molecule has 0 fully saturated rings. The van der Waals surface area contributed by atoms with E-state index in [4.69, 9.17) is 32.7 Å². The lowest BCUT2D eigenvalue weighted by Crippen LogP contribution is -2.51. The number of anilines is 1. The minimum atomic E-state index is -3.89. The molecule has 0 spiro atoms. The molecule has 2 amide bonds. The molecule has 0 aromatic heterocycles. The molecule has 1 unspecified atom stereocenters. The number of sulfonamides is 1. The molecule has 0 saturated heterocycles. The Balaban J connectivity index is 2.42. The molecule has 2 rings (SSSR count). The van der Waals surface area contributed by atoms with Gasteiger partial charge in [-0.1, -0.05) is 42.6 Å². The molecule has 0 heterocycles. The number of nitrogens with one attached hydrogen (secondary N) is 1. The number of rotatable bonds is 13. The number of unbranched alkanes of at least 4 members (excludes halogenated alkanes) is 1. The van der Waals surface area contributed by atoms with Gasteiger partial charge in [0.1, 0.15) is 12.6 Å². The fraction of sp³-hybridized carbons (Fsp3) is 0.440. The van der Waals surface area contributed by atoms with E-state index in [-0.39, 0.29) is 18.1 Å². The van der Waals surface area contributed by atoms with Crippen LogP contribution in [0, 0.1) is 0 Å². The molecule has 204 valence electrons. The van der Waals surface area contributed by atoms with Gasteiger partial charge in [0.05, 0.1) is 36.2 Å². The van der Waals surface area contributed by atoms with Gasteiger partial charge in [0.15, 0.2) is 11.5 Å². The van der Waals surface area contributed by atoms with Crippen LogP contribution < -0.4 is 19.1 Å². The van der Waals surface area contributed by atoms with Crippen LogP contribution in [-0.2, 0) is 26.2 Å². The first-order valence-electron chi connectivity index (χ1n) is 11.6. The van der Waals surface area contributed by atoms with Gasteiger partial charge in [0.2, 0.25) is 21.8 Å². The van der Waals surface area contributed by atoms with Crippen LogP contribution in [0.5, 0.6) is 11.5 Å². The molecule has 2 aromatic carbocycles. The van der Waals surface area contributed by atoms with Crippen molar-refractivity contribution in [3.05, 3.63) is 52.0 Å². The Morgan fingerprint density at radius 1 is 1.03 bits per heavy atom. The highest BCUT2D eigenvalue weighted by atomic mass is 35.5. The first kappa shape index (κ1) is 30.5. The summed E-state index contributed by atoms with van der Waals surface area (Å²) in [4.78, 5) is 27.8. The second-order valence-corrected chi connectivity index (χ2v) is 11.1. The van der Waals surface area contributed by atoms with Gasteiger partial charge in [0.25, 0.3) is 0 Å². The minimum Gasteiger partial charge on any atom is -0.493 e. The molecule has 37 heavy (non-hydrogen) atoms. The van der Waals surface area contributed by atoms with Crippen LogP contribution in [-0.4, -0.2) is 64.7 Å². The second-order valence-electron chi connectivity index (χ2n) is 8.40. The van der Waals surface area contributed by atoms with Crippen molar-refractivity contribution in [3.8, 4) is 11.5 Å². The normalized spacial score (nSPS) is 12.0. The Morgan fingerprint density at radius 2 is 1.70 bits per heavy atom. The predicted molar refractivity (Wildman–Crippen MR) is 146 cm³/mol. The summed E-state index contributed by atoms with van der Waals surface area (Å²) in [6.45, 7) is 3.54. The van der Waals surface area contributed by atoms with Crippen LogP contribution in [0.2, 0.25) is 10.0 Å². The van der Waals surface area contributed by atoms with E-state index < -0.39 is 28.5 Å². The zero-order valence-electron chi connectivity index (χ0n) is 21.6. The van der Waals surface area contributed by atoms with Gasteiger partial charge in [-0.15, -0.1) is 0 Å². The molecule has 0 bridgehead atoms. The van der Waals surface area contributed by atoms with E-state index >= 15 is 0 Å². The van der Waals surface area contributed by atoms with Crippen LogP contribution in [0.3, 0.4) is 0 Å². The molecular weight excluding hydrogens is 541 g/mol. The third-order valence-corrected chi connectivity index (χ3v) is 7.55. The van der Waals surface area contributed by atoms with Crippen molar-refractivity contribution in [2.24, 2.45) is 0 Å². The number of benzene rings is 2. The maximum atomic E-state index is 13.6. The van der Waals surface area contributed by atoms with Gasteiger partial charge < -0.3 is 19.7 Å². The molecule has 0 aliphatic rings. The summed E-state index contributed by atoms with van der Waals surface area (Å²) in [5.74, 6) is -0.217. The number of hydrogen-bond donors (Lipinski definition) is 1. The summed E-state index contributed by atoms with van der Waals surface area (Å²) in [7, 11) is -1.00. The Hall–Kier alpha value is -2.69. The summed E-state index contributed by atoms with van der Waals surface area (Å²) in [6, 6.07) is 8.55. The van der Waals surface area contributed by atoms with Crippen molar-refractivity contribution in [1.82, 2.24) is 10.2 Å². The van der Waals surface area contributed by atoms with Crippen molar-refractivity contribution in [3.63, 3.8) is 0 Å². The molecule has 9 nitrogen and oxygen atoms in total. The Kier molecular flexibility index (Phi) is 11.3. The van der Waals surface area contributed by atoms with Crippen LogP contribution in [0.15, 0.2) is 36.4 Å². The van der Waals surface area contributed by atoms with Gasteiger partial charge >= 0.3 is 0 Å². The van der Waals surface area contributed by atoms with Crippen molar-refractivity contribution in [2.45, 2.75) is 39.3 Å². The van der Waals surface area contributed by atoms with Crippen molar-refractivity contribution in [2.75, 3.05) is 37.9 Å². The number of methoxy groups -OCH3 is 2. The maximum Gasteiger partial charge on any atom is 0.244 e. The molecule has 1 N–H and O–H groups in total. The summed E-state index contributed by atoms with van der Waals surface area (Å²) < 4.78 is 36.9.